The van der Waals surface area contributed by atoms with Crippen LogP contribution < -0.4 is 5.73 Å². The zero-order valence-electron chi connectivity index (χ0n) is 13.3. The van der Waals surface area contributed by atoms with E-state index in [2.05, 4.69) is 10.1 Å². The number of aryl methyl sites for hydroxylation is 1. The molecule has 6 heteroatoms. The molecular formula is C17H22N4O2. The molecule has 1 aliphatic rings. The van der Waals surface area contributed by atoms with Crippen molar-refractivity contribution in [1.82, 2.24) is 15.0 Å². The third-order valence-corrected chi connectivity index (χ3v) is 4.16. The Hall–Kier alpha value is -2.18. The van der Waals surface area contributed by atoms with E-state index in [-0.39, 0.29) is 5.91 Å². The molecule has 2 heterocycles. The van der Waals surface area contributed by atoms with Crippen molar-refractivity contribution in [1.29, 1.82) is 0 Å². The normalized spacial score (nSPS) is 17.2. The van der Waals surface area contributed by atoms with E-state index >= 15 is 0 Å². The lowest BCUT2D eigenvalue weighted by Gasteiger charge is -2.35. The van der Waals surface area contributed by atoms with E-state index in [9.17, 15) is 4.79 Å². The van der Waals surface area contributed by atoms with Gasteiger partial charge in [0, 0.05) is 32.2 Å². The van der Waals surface area contributed by atoms with Gasteiger partial charge in [-0.1, -0.05) is 35.5 Å². The van der Waals surface area contributed by atoms with E-state index in [4.69, 9.17) is 10.3 Å². The van der Waals surface area contributed by atoms with Crippen LogP contribution in [0.5, 0.6) is 0 Å². The second-order valence-corrected chi connectivity index (χ2v) is 5.92. The van der Waals surface area contributed by atoms with Crippen molar-refractivity contribution < 1.29 is 9.32 Å². The topological polar surface area (TPSA) is 75.6 Å². The van der Waals surface area contributed by atoms with Crippen LogP contribution in [0.2, 0.25) is 0 Å². The predicted molar refractivity (Wildman–Crippen MR) is 86.5 cm³/mol. The first-order valence-electron chi connectivity index (χ1n) is 7.87. The van der Waals surface area contributed by atoms with Gasteiger partial charge < -0.3 is 15.2 Å². The van der Waals surface area contributed by atoms with E-state index in [0.717, 1.165) is 36.7 Å². The summed E-state index contributed by atoms with van der Waals surface area (Å²) in [5.74, 6) is 0.856. The third kappa shape index (κ3) is 3.78. The van der Waals surface area contributed by atoms with Crippen LogP contribution >= 0.6 is 0 Å². The van der Waals surface area contributed by atoms with E-state index in [1.165, 1.54) is 0 Å². The SMILES string of the molecule is Cc1cc(CN2CCN(C(=O)C(N)c3ccccc3)CC2)on1. The van der Waals surface area contributed by atoms with E-state index in [1.807, 2.05) is 48.2 Å². The number of aromatic nitrogens is 1. The molecule has 23 heavy (non-hydrogen) atoms. The van der Waals surface area contributed by atoms with Crippen LogP contribution in [0.25, 0.3) is 0 Å². The van der Waals surface area contributed by atoms with Crippen molar-refractivity contribution in [3.8, 4) is 0 Å². The largest absolute Gasteiger partial charge is 0.360 e. The second kappa shape index (κ2) is 6.93. The monoisotopic (exact) mass is 314 g/mol. The number of carbonyl (C=O) groups is 1. The molecule has 3 rings (SSSR count). The van der Waals surface area contributed by atoms with E-state index in [0.29, 0.717) is 13.1 Å². The molecule has 1 unspecified atom stereocenters. The van der Waals surface area contributed by atoms with Gasteiger partial charge in [-0.05, 0) is 12.5 Å². The molecule has 1 amide bonds. The number of hydrogen-bond acceptors (Lipinski definition) is 5. The highest BCUT2D eigenvalue weighted by Crippen LogP contribution is 2.15. The van der Waals surface area contributed by atoms with Gasteiger partial charge in [-0.3, -0.25) is 9.69 Å². The van der Waals surface area contributed by atoms with Gasteiger partial charge in [0.15, 0.2) is 5.76 Å². The Morgan fingerprint density at radius 3 is 2.57 bits per heavy atom. The zero-order valence-corrected chi connectivity index (χ0v) is 13.3. The molecule has 1 fully saturated rings. The van der Waals surface area contributed by atoms with Crippen LogP contribution in [0.1, 0.15) is 23.1 Å². The number of piperazine rings is 1. The van der Waals surface area contributed by atoms with Crippen LogP contribution in [0.3, 0.4) is 0 Å². The molecule has 0 aliphatic carbocycles. The summed E-state index contributed by atoms with van der Waals surface area (Å²) in [6.45, 7) is 5.64. The molecule has 0 spiro atoms. The molecule has 6 nitrogen and oxygen atoms in total. The van der Waals surface area contributed by atoms with Gasteiger partial charge in [0.25, 0.3) is 0 Å². The Kier molecular flexibility index (Phi) is 4.73. The summed E-state index contributed by atoms with van der Waals surface area (Å²) >= 11 is 0. The molecule has 122 valence electrons. The first-order valence-corrected chi connectivity index (χ1v) is 7.87. The molecule has 1 aliphatic heterocycles. The van der Waals surface area contributed by atoms with Gasteiger partial charge in [0.1, 0.15) is 6.04 Å². The van der Waals surface area contributed by atoms with Crippen molar-refractivity contribution in [2.24, 2.45) is 5.73 Å². The van der Waals surface area contributed by atoms with Crippen LogP contribution in [0, 0.1) is 6.92 Å². The van der Waals surface area contributed by atoms with E-state index in [1.54, 1.807) is 0 Å². The molecule has 0 radical (unpaired) electrons. The molecular weight excluding hydrogens is 292 g/mol. The minimum atomic E-state index is -0.584. The Morgan fingerprint density at radius 1 is 1.26 bits per heavy atom. The van der Waals surface area contributed by atoms with Crippen molar-refractivity contribution in [3.63, 3.8) is 0 Å². The predicted octanol–water partition coefficient (Wildman–Crippen LogP) is 1.33. The summed E-state index contributed by atoms with van der Waals surface area (Å²) in [7, 11) is 0. The molecule has 0 saturated carbocycles. The Morgan fingerprint density at radius 2 is 1.96 bits per heavy atom. The number of hydrogen-bond donors (Lipinski definition) is 1. The minimum absolute atomic E-state index is 0.00800. The van der Waals surface area contributed by atoms with Gasteiger partial charge >= 0.3 is 0 Å². The standard InChI is InChI=1S/C17H22N4O2/c1-13-11-15(23-19-13)12-20-7-9-21(10-8-20)17(22)16(18)14-5-3-2-4-6-14/h2-6,11,16H,7-10,12,18H2,1H3. The average Bonchev–Trinajstić information content (AvgIpc) is 3.00. The summed E-state index contributed by atoms with van der Waals surface area (Å²) in [6, 6.07) is 10.9. The number of rotatable bonds is 4. The summed E-state index contributed by atoms with van der Waals surface area (Å²) < 4.78 is 5.25. The van der Waals surface area contributed by atoms with Crippen molar-refractivity contribution in [3.05, 3.63) is 53.4 Å². The maximum Gasteiger partial charge on any atom is 0.244 e. The van der Waals surface area contributed by atoms with Crippen LogP contribution in [0.15, 0.2) is 40.9 Å². The molecule has 2 aromatic rings. The zero-order chi connectivity index (χ0) is 16.2. The van der Waals surface area contributed by atoms with Gasteiger partial charge in [-0.25, -0.2) is 0 Å². The van der Waals surface area contributed by atoms with Crippen LogP contribution in [-0.4, -0.2) is 47.0 Å². The summed E-state index contributed by atoms with van der Waals surface area (Å²) in [4.78, 5) is 16.6. The highest BCUT2D eigenvalue weighted by Gasteiger charge is 2.26. The molecule has 0 bridgehead atoms. The lowest BCUT2D eigenvalue weighted by Crippen LogP contribution is -2.50. The number of amides is 1. The fourth-order valence-electron chi connectivity index (χ4n) is 2.84. The minimum Gasteiger partial charge on any atom is -0.360 e. The van der Waals surface area contributed by atoms with Crippen molar-refractivity contribution >= 4 is 5.91 Å². The lowest BCUT2D eigenvalue weighted by atomic mass is 10.1. The number of nitrogens with zero attached hydrogens (tertiary/aromatic N) is 3. The molecule has 2 N–H and O–H groups in total. The first kappa shape index (κ1) is 15.7. The van der Waals surface area contributed by atoms with Gasteiger partial charge in [-0.2, -0.15) is 0 Å². The maximum atomic E-state index is 12.5. The Balaban J connectivity index is 1.53. The fraction of sp³-hybridized carbons (Fsp3) is 0.412. The fourth-order valence-corrected chi connectivity index (χ4v) is 2.84. The van der Waals surface area contributed by atoms with Gasteiger partial charge in [0.2, 0.25) is 5.91 Å². The first-order chi connectivity index (χ1) is 11.1. The Bertz CT molecular complexity index is 648. The number of carbonyl (C=O) groups excluding carboxylic acids is 1. The molecule has 1 aromatic heterocycles. The molecule has 1 atom stereocenters. The van der Waals surface area contributed by atoms with Crippen molar-refractivity contribution in [2.45, 2.75) is 19.5 Å². The Labute approximate surface area is 135 Å². The average molecular weight is 314 g/mol. The second-order valence-electron chi connectivity index (χ2n) is 5.92. The van der Waals surface area contributed by atoms with E-state index < -0.39 is 6.04 Å². The van der Waals surface area contributed by atoms with Crippen LogP contribution in [0.4, 0.5) is 0 Å². The summed E-state index contributed by atoms with van der Waals surface area (Å²) in [5.41, 5.74) is 7.85. The smallest absolute Gasteiger partial charge is 0.244 e. The molecule has 1 aromatic carbocycles. The number of benzene rings is 1. The summed E-state index contributed by atoms with van der Waals surface area (Å²) in [6.07, 6.45) is 0. The molecule has 1 saturated heterocycles. The lowest BCUT2D eigenvalue weighted by molar-refractivity contribution is -0.134. The van der Waals surface area contributed by atoms with Gasteiger partial charge in [0.05, 0.1) is 12.2 Å². The third-order valence-electron chi connectivity index (χ3n) is 4.16. The quantitative estimate of drug-likeness (QED) is 0.921. The highest BCUT2D eigenvalue weighted by molar-refractivity contribution is 5.83. The van der Waals surface area contributed by atoms with Gasteiger partial charge in [-0.15, -0.1) is 0 Å². The number of nitrogens with two attached hydrogens (primary N) is 1. The van der Waals surface area contributed by atoms with Crippen LogP contribution in [-0.2, 0) is 11.3 Å². The maximum absolute atomic E-state index is 12.5. The highest BCUT2D eigenvalue weighted by atomic mass is 16.5. The van der Waals surface area contributed by atoms with Crippen molar-refractivity contribution in [2.75, 3.05) is 26.2 Å². The summed E-state index contributed by atoms with van der Waals surface area (Å²) in [5, 5.41) is 3.90.